The first-order valence-electron chi connectivity index (χ1n) is 11.8. The van der Waals surface area contributed by atoms with Crippen LogP contribution in [-0.2, 0) is 28.4 Å². The molecule has 6 rings (SSSR count). The van der Waals surface area contributed by atoms with Gasteiger partial charge >= 0.3 is 5.69 Å². The summed E-state index contributed by atoms with van der Waals surface area (Å²) in [5.74, 6) is 1.26. The molecule has 1 saturated heterocycles. The average Bonchev–Trinajstić information content (AvgIpc) is 3.37. The number of rotatable bonds is 2. The predicted molar refractivity (Wildman–Crippen MR) is 120 cm³/mol. The Hall–Kier alpha value is -2.52. The van der Waals surface area contributed by atoms with Gasteiger partial charge < -0.3 is 9.26 Å². The molecule has 0 unspecified atom stereocenters. The Bertz CT molecular complexity index is 1320. The summed E-state index contributed by atoms with van der Waals surface area (Å²) in [6.45, 7) is 1.16. The zero-order valence-electron chi connectivity index (χ0n) is 18.6. The fourth-order valence-corrected chi connectivity index (χ4v) is 6.24. The molecule has 1 aliphatic heterocycles. The number of ether oxygens (including phenoxy) is 1. The Morgan fingerprint density at radius 2 is 1.94 bits per heavy atom. The van der Waals surface area contributed by atoms with Gasteiger partial charge in [-0.15, -0.1) is 0 Å². The van der Waals surface area contributed by atoms with Gasteiger partial charge in [0.05, 0.1) is 18.1 Å². The number of nitrogens with zero attached hydrogens (tertiary/aromatic N) is 5. The number of fused-ring (bicyclic) bond motifs is 3. The Morgan fingerprint density at radius 1 is 1.09 bits per heavy atom. The third-order valence-electron chi connectivity index (χ3n) is 7.64. The number of carbonyl (C=O) groups is 1. The van der Waals surface area contributed by atoms with Crippen LogP contribution < -0.4 is 5.69 Å². The molecule has 4 heterocycles. The highest BCUT2D eigenvalue weighted by atomic mass is 35.5. The van der Waals surface area contributed by atoms with Crippen LogP contribution in [0.5, 0.6) is 0 Å². The lowest BCUT2D eigenvalue weighted by Crippen LogP contribution is -2.41. The van der Waals surface area contributed by atoms with E-state index >= 15 is 0 Å². The van der Waals surface area contributed by atoms with Crippen molar-refractivity contribution in [3.05, 3.63) is 27.0 Å². The van der Waals surface area contributed by atoms with E-state index in [4.69, 9.17) is 25.8 Å². The number of hydrogen-bond acceptors (Lipinski definition) is 7. The van der Waals surface area contributed by atoms with Crippen LogP contribution in [0.1, 0.15) is 68.7 Å². The van der Waals surface area contributed by atoms with Crippen molar-refractivity contribution in [1.82, 2.24) is 24.3 Å². The molecule has 2 fully saturated rings. The summed E-state index contributed by atoms with van der Waals surface area (Å²) >= 11 is 6.59. The van der Waals surface area contributed by atoms with Gasteiger partial charge in [-0.3, -0.25) is 13.9 Å². The van der Waals surface area contributed by atoms with Crippen molar-refractivity contribution in [2.45, 2.75) is 69.2 Å². The Kier molecular flexibility index (Phi) is 4.95. The van der Waals surface area contributed by atoms with E-state index in [0.717, 1.165) is 56.9 Å². The van der Waals surface area contributed by atoms with Crippen molar-refractivity contribution in [3.63, 3.8) is 0 Å². The molecule has 3 aliphatic rings. The molecule has 3 aromatic heterocycles. The summed E-state index contributed by atoms with van der Waals surface area (Å²) in [6, 6.07) is -0.108. The second-order valence-electron chi connectivity index (χ2n) is 9.50. The SMILES string of the molecule is Cn1c(=O)n([C@@H]2CCCOC2)c2nc(-c3noc4c3CCC[C@@]43CCCCC3=O)nc(Cl)c21. The molecule has 3 aromatic rings. The maximum Gasteiger partial charge on any atom is 0.330 e. The standard InChI is InChI=1S/C23H26ClN5O4/c1-28-17-19(24)25-20(26-21(17)29(22(28)31)13-6-5-11-32-12-13)16-14-7-4-10-23(18(14)33-27-16)9-3-2-8-15(23)30/h13H,2-12H2,1H3/t13-,23-/m1/s1. The Balaban J connectivity index is 1.52. The van der Waals surface area contributed by atoms with Crippen molar-refractivity contribution in [2.24, 2.45) is 7.05 Å². The van der Waals surface area contributed by atoms with Crippen molar-refractivity contribution in [1.29, 1.82) is 0 Å². The van der Waals surface area contributed by atoms with E-state index in [9.17, 15) is 9.59 Å². The van der Waals surface area contributed by atoms with Gasteiger partial charge in [-0.05, 0) is 44.9 Å². The first kappa shape index (κ1) is 21.0. The summed E-state index contributed by atoms with van der Waals surface area (Å²) in [5, 5.41) is 4.54. The van der Waals surface area contributed by atoms with E-state index in [2.05, 4.69) is 10.1 Å². The van der Waals surface area contributed by atoms with Gasteiger partial charge in [0.1, 0.15) is 11.3 Å². The van der Waals surface area contributed by atoms with Crippen LogP contribution in [0, 0.1) is 0 Å². The van der Waals surface area contributed by atoms with Crippen molar-refractivity contribution >= 4 is 28.5 Å². The molecule has 2 aliphatic carbocycles. The quantitative estimate of drug-likeness (QED) is 0.526. The molecule has 1 spiro atoms. The smallest absolute Gasteiger partial charge is 0.330 e. The average molecular weight is 472 g/mol. The van der Waals surface area contributed by atoms with E-state index in [1.54, 1.807) is 11.6 Å². The van der Waals surface area contributed by atoms with Crippen LogP contribution in [0.2, 0.25) is 5.15 Å². The van der Waals surface area contributed by atoms with Crippen LogP contribution in [0.25, 0.3) is 22.7 Å². The molecule has 9 nitrogen and oxygen atoms in total. The molecule has 0 amide bonds. The summed E-state index contributed by atoms with van der Waals surface area (Å²) < 4.78 is 14.6. The maximum absolute atomic E-state index is 13.1. The number of halogens is 1. The van der Waals surface area contributed by atoms with Crippen LogP contribution in [0.4, 0.5) is 0 Å². The zero-order chi connectivity index (χ0) is 22.7. The molecule has 0 radical (unpaired) electrons. The minimum atomic E-state index is -0.570. The van der Waals surface area contributed by atoms with Crippen LogP contribution in [0.3, 0.4) is 0 Å². The van der Waals surface area contributed by atoms with E-state index in [1.165, 1.54) is 4.57 Å². The molecule has 2 atom stereocenters. The summed E-state index contributed by atoms with van der Waals surface area (Å²) in [5.41, 5.74) is 1.63. The van der Waals surface area contributed by atoms with Crippen molar-refractivity contribution < 1.29 is 14.1 Å². The van der Waals surface area contributed by atoms with Crippen LogP contribution in [-0.4, -0.2) is 43.3 Å². The topological polar surface area (TPSA) is 105 Å². The molecule has 10 heteroatoms. The maximum atomic E-state index is 13.1. The highest BCUT2D eigenvalue weighted by Crippen LogP contribution is 2.47. The molecule has 0 N–H and O–H groups in total. The van der Waals surface area contributed by atoms with E-state index in [1.807, 2.05) is 0 Å². The third kappa shape index (κ3) is 3.05. The second-order valence-corrected chi connectivity index (χ2v) is 9.86. The number of aromatic nitrogens is 5. The number of Topliss-reactive ketones (excluding diaryl/α,β-unsaturated/α-hetero) is 1. The molecular formula is C23H26ClN5O4. The normalized spacial score (nSPS) is 25.6. The minimum Gasteiger partial charge on any atom is -0.379 e. The van der Waals surface area contributed by atoms with E-state index in [0.29, 0.717) is 48.1 Å². The molecule has 0 aromatic carbocycles. The zero-order valence-corrected chi connectivity index (χ0v) is 19.4. The fraction of sp³-hybridized carbons (Fsp3) is 0.609. The third-order valence-corrected chi connectivity index (χ3v) is 7.90. The lowest BCUT2D eigenvalue weighted by atomic mass is 9.64. The molecule has 0 bridgehead atoms. The van der Waals surface area contributed by atoms with Gasteiger partial charge in [-0.25, -0.2) is 14.8 Å². The van der Waals surface area contributed by atoms with Gasteiger partial charge in [-0.1, -0.05) is 23.2 Å². The lowest BCUT2D eigenvalue weighted by Gasteiger charge is -2.36. The first-order valence-corrected chi connectivity index (χ1v) is 12.1. The molecule has 1 saturated carbocycles. The van der Waals surface area contributed by atoms with Gasteiger partial charge in [-0.2, -0.15) is 0 Å². The largest absolute Gasteiger partial charge is 0.379 e. The first-order chi connectivity index (χ1) is 16.0. The molecule has 174 valence electrons. The lowest BCUT2D eigenvalue weighted by molar-refractivity contribution is -0.128. The van der Waals surface area contributed by atoms with Gasteiger partial charge in [0.15, 0.2) is 28.1 Å². The summed E-state index contributed by atoms with van der Waals surface area (Å²) in [7, 11) is 1.68. The number of aryl methyl sites for hydroxylation is 1. The monoisotopic (exact) mass is 471 g/mol. The molecule has 33 heavy (non-hydrogen) atoms. The van der Waals surface area contributed by atoms with Crippen molar-refractivity contribution in [2.75, 3.05) is 13.2 Å². The van der Waals surface area contributed by atoms with Gasteiger partial charge in [0, 0.05) is 25.6 Å². The molecular weight excluding hydrogens is 446 g/mol. The number of imidazole rings is 1. The highest BCUT2D eigenvalue weighted by Gasteiger charge is 2.48. The van der Waals surface area contributed by atoms with E-state index < -0.39 is 5.41 Å². The Labute approximate surface area is 195 Å². The highest BCUT2D eigenvalue weighted by molar-refractivity contribution is 6.33. The summed E-state index contributed by atoms with van der Waals surface area (Å²) in [4.78, 5) is 35.3. The van der Waals surface area contributed by atoms with Crippen LogP contribution in [0.15, 0.2) is 9.32 Å². The number of hydrogen-bond donors (Lipinski definition) is 0. The number of ketones is 1. The summed E-state index contributed by atoms with van der Waals surface area (Å²) in [6.07, 6.45) is 7.48. The number of carbonyl (C=O) groups excluding carboxylic acids is 1. The fourth-order valence-electron chi connectivity index (χ4n) is 5.95. The second kappa shape index (κ2) is 7.77. The minimum absolute atomic E-state index is 0.108. The van der Waals surface area contributed by atoms with Crippen LogP contribution >= 0.6 is 11.6 Å². The van der Waals surface area contributed by atoms with E-state index in [-0.39, 0.29) is 22.7 Å². The Morgan fingerprint density at radius 3 is 2.73 bits per heavy atom. The van der Waals surface area contributed by atoms with Gasteiger partial charge in [0.25, 0.3) is 0 Å². The predicted octanol–water partition coefficient (Wildman–Crippen LogP) is 3.51. The van der Waals surface area contributed by atoms with Gasteiger partial charge in [0.2, 0.25) is 0 Å². The van der Waals surface area contributed by atoms with Crippen molar-refractivity contribution in [3.8, 4) is 11.5 Å².